The Labute approximate surface area is 206 Å². The second kappa shape index (κ2) is 12.4. The zero-order valence-corrected chi connectivity index (χ0v) is 20.5. The van der Waals surface area contributed by atoms with E-state index >= 15 is 0 Å². The molecule has 4 N–H and O–H groups in total. The lowest BCUT2D eigenvalue weighted by molar-refractivity contribution is -0.132. The average Bonchev–Trinajstić information content (AvgIpc) is 3.66. The fourth-order valence-electron chi connectivity index (χ4n) is 3.86. The molecule has 0 heterocycles. The highest BCUT2D eigenvalue weighted by atomic mass is 16.5. The molecule has 1 aliphatic rings. The molecule has 35 heavy (non-hydrogen) atoms. The number of methoxy groups -OCH3 is 1. The predicted molar refractivity (Wildman–Crippen MR) is 133 cm³/mol. The van der Waals surface area contributed by atoms with Crippen molar-refractivity contribution in [2.45, 2.75) is 63.8 Å². The number of rotatable bonds is 12. The van der Waals surface area contributed by atoms with Crippen LogP contribution in [0.3, 0.4) is 0 Å². The van der Waals surface area contributed by atoms with Crippen molar-refractivity contribution in [1.29, 1.82) is 0 Å². The molecule has 2 aromatic rings. The molecule has 1 fully saturated rings. The number of carbonyl (C=O) groups excluding carboxylic acids is 3. The first-order valence-electron chi connectivity index (χ1n) is 12.0. The molecule has 2 aromatic carbocycles. The van der Waals surface area contributed by atoms with Gasteiger partial charge in [-0.15, -0.1) is 0 Å². The summed E-state index contributed by atoms with van der Waals surface area (Å²) < 4.78 is 5.28. The van der Waals surface area contributed by atoms with Gasteiger partial charge < -0.3 is 25.8 Å². The average molecular weight is 482 g/mol. The monoisotopic (exact) mass is 481 g/mol. The molecule has 1 saturated carbocycles. The van der Waals surface area contributed by atoms with Crippen molar-refractivity contribution < 1.29 is 24.2 Å². The van der Waals surface area contributed by atoms with Gasteiger partial charge in [-0.05, 0) is 49.3 Å². The Bertz CT molecular complexity index is 1010. The van der Waals surface area contributed by atoms with Crippen LogP contribution in [0.15, 0.2) is 54.6 Å². The Balaban J connectivity index is 1.77. The lowest BCUT2D eigenvalue weighted by Gasteiger charge is -2.27. The summed E-state index contributed by atoms with van der Waals surface area (Å²) in [4.78, 5) is 38.9. The van der Waals surface area contributed by atoms with Crippen LogP contribution >= 0.6 is 0 Å². The molecule has 0 spiro atoms. The molecule has 0 aromatic heterocycles. The molecule has 1 aliphatic carbocycles. The molecular formula is C27H35N3O5. The third kappa shape index (κ3) is 7.82. The molecule has 3 atom stereocenters. The van der Waals surface area contributed by atoms with Gasteiger partial charge in [0.1, 0.15) is 11.8 Å². The lowest BCUT2D eigenvalue weighted by Crippen LogP contribution is -2.56. The highest BCUT2D eigenvalue weighted by Crippen LogP contribution is 2.20. The maximum atomic E-state index is 13.4. The van der Waals surface area contributed by atoms with Crippen LogP contribution in [0.25, 0.3) is 0 Å². The second-order valence-corrected chi connectivity index (χ2v) is 9.39. The van der Waals surface area contributed by atoms with Crippen LogP contribution in [0.5, 0.6) is 5.75 Å². The Kier molecular flexibility index (Phi) is 9.25. The van der Waals surface area contributed by atoms with Crippen LogP contribution in [0.2, 0.25) is 0 Å². The van der Waals surface area contributed by atoms with E-state index in [0.717, 1.165) is 18.4 Å². The number of para-hydroxylation sites is 1. The van der Waals surface area contributed by atoms with Gasteiger partial charge in [0.25, 0.3) is 11.8 Å². The molecule has 3 amide bonds. The first-order valence-corrected chi connectivity index (χ1v) is 12.0. The van der Waals surface area contributed by atoms with E-state index in [1.54, 1.807) is 24.3 Å². The summed E-state index contributed by atoms with van der Waals surface area (Å²) in [7, 11) is 1.48. The third-order valence-corrected chi connectivity index (χ3v) is 5.88. The Morgan fingerprint density at radius 3 is 2.26 bits per heavy atom. The number of hydrogen-bond donors (Lipinski definition) is 4. The Hall–Kier alpha value is -3.39. The molecular weight excluding hydrogens is 446 g/mol. The van der Waals surface area contributed by atoms with Crippen molar-refractivity contribution in [3.8, 4) is 5.75 Å². The third-order valence-electron chi connectivity index (χ3n) is 5.88. The van der Waals surface area contributed by atoms with E-state index in [2.05, 4.69) is 16.0 Å². The van der Waals surface area contributed by atoms with Gasteiger partial charge in [-0.25, -0.2) is 0 Å². The van der Waals surface area contributed by atoms with Gasteiger partial charge in [0.05, 0.1) is 18.7 Å². The molecule has 8 nitrogen and oxygen atoms in total. The second-order valence-electron chi connectivity index (χ2n) is 9.39. The van der Waals surface area contributed by atoms with Crippen molar-refractivity contribution in [3.05, 3.63) is 65.7 Å². The van der Waals surface area contributed by atoms with Crippen molar-refractivity contribution in [3.63, 3.8) is 0 Å². The number of carbonyl (C=O) groups is 3. The van der Waals surface area contributed by atoms with Crippen LogP contribution in [-0.4, -0.2) is 54.2 Å². The SMILES string of the molecule is COc1ccccc1C(=O)N[C@@H](CC(C)C)C(=O)N[C@@H](Cc1ccccc1)C(O)C(=O)NC1CC1. The summed E-state index contributed by atoms with van der Waals surface area (Å²) in [5.41, 5.74) is 1.19. The standard InChI is InChI=1S/C27H35N3O5/c1-17(2)15-22(30-25(32)20-11-7-8-12-23(20)35-3)26(33)29-21(16-18-9-5-4-6-10-18)24(31)27(34)28-19-13-14-19/h4-12,17,19,21-22,24,31H,13-16H2,1-3H3,(H,28,34)(H,29,33)(H,30,32)/t21-,22-,24?/m0/s1. The molecule has 0 bridgehead atoms. The predicted octanol–water partition coefficient (Wildman–Crippen LogP) is 2.21. The summed E-state index contributed by atoms with van der Waals surface area (Å²) in [6.45, 7) is 3.91. The van der Waals surface area contributed by atoms with Gasteiger partial charge in [0.15, 0.2) is 6.10 Å². The first kappa shape index (κ1) is 26.2. The highest BCUT2D eigenvalue weighted by Gasteiger charge is 2.34. The Morgan fingerprint density at radius 2 is 1.63 bits per heavy atom. The Morgan fingerprint density at radius 1 is 0.971 bits per heavy atom. The van der Waals surface area contributed by atoms with Gasteiger partial charge in [0.2, 0.25) is 5.91 Å². The molecule has 188 valence electrons. The van der Waals surface area contributed by atoms with Gasteiger partial charge >= 0.3 is 0 Å². The molecule has 0 saturated heterocycles. The van der Waals surface area contributed by atoms with E-state index in [4.69, 9.17) is 4.74 Å². The molecule has 3 rings (SSSR count). The summed E-state index contributed by atoms with van der Waals surface area (Å²) in [6, 6.07) is 14.5. The normalized spacial score (nSPS) is 15.6. The smallest absolute Gasteiger partial charge is 0.255 e. The van der Waals surface area contributed by atoms with Crippen molar-refractivity contribution >= 4 is 17.7 Å². The minimum Gasteiger partial charge on any atom is -0.496 e. The summed E-state index contributed by atoms with van der Waals surface area (Å²) in [6.07, 6.45) is 0.999. The number of amides is 3. The van der Waals surface area contributed by atoms with Crippen LogP contribution in [0, 0.1) is 5.92 Å². The lowest BCUT2D eigenvalue weighted by atomic mass is 9.98. The van der Waals surface area contributed by atoms with E-state index in [0.29, 0.717) is 17.7 Å². The van der Waals surface area contributed by atoms with Crippen LogP contribution in [0.1, 0.15) is 49.0 Å². The summed E-state index contributed by atoms with van der Waals surface area (Å²) in [5.74, 6) is -0.884. The largest absolute Gasteiger partial charge is 0.496 e. The zero-order chi connectivity index (χ0) is 25.4. The van der Waals surface area contributed by atoms with Gasteiger partial charge in [-0.3, -0.25) is 14.4 Å². The van der Waals surface area contributed by atoms with E-state index < -0.39 is 35.9 Å². The maximum absolute atomic E-state index is 13.4. The minimum absolute atomic E-state index is 0.0825. The maximum Gasteiger partial charge on any atom is 0.255 e. The number of benzene rings is 2. The molecule has 8 heteroatoms. The van der Waals surface area contributed by atoms with Crippen LogP contribution < -0.4 is 20.7 Å². The number of hydrogen-bond acceptors (Lipinski definition) is 5. The van der Waals surface area contributed by atoms with Gasteiger partial charge in [-0.2, -0.15) is 0 Å². The highest BCUT2D eigenvalue weighted by molar-refractivity contribution is 5.99. The van der Waals surface area contributed by atoms with Crippen LogP contribution in [0.4, 0.5) is 0 Å². The molecule has 1 unspecified atom stereocenters. The number of aliphatic hydroxyl groups is 1. The quantitative estimate of drug-likeness (QED) is 0.371. The number of nitrogens with one attached hydrogen (secondary N) is 3. The fourth-order valence-corrected chi connectivity index (χ4v) is 3.86. The van der Waals surface area contributed by atoms with Crippen molar-refractivity contribution in [1.82, 2.24) is 16.0 Å². The summed E-state index contributed by atoms with van der Waals surface area (Å²) >= 11 is 0. The molecule has 0 radical (unpaired) electrons. The van der Waals surface area contributed by atoms with E-state index in [1.807, 2.05) is 44.2 Å². The van der Waals surface area contributed by atoms with Crippen LogP contribution in [-0.2, 0) is 16.0 Å². The topological polar surface area (TPSA) is 117 Å². The van der Waals surface area contributed by atoms with Crippen molar-refractivity contribution in [2.75, 3.05) is 7.11 Å². The molecule has 0 aliphatic heterocycles. The van der Waals surface area contributed by atoms with Gasteiger partial charge in [-0.1, -0.05) is 56.3 Å². The van der Waals surface area contributed by atoms with Gasteiger partial charge in [0, 0.05) is 6.04 Å². The zero-order valence-electron chi connectivity index (χ0n) is 20.5. The van der Waals surface area contributed by atoms with Crippen molar-refractivity contribution in [2.24, 2.45) is 5.92 Å². The fraction of sp³-hybridized carbons (Fsp3) is 0.444. The van der Waals surface area contributed by atoms with E-state index in [1.165, 1.54) is 7.11 Å². The number of aliphatic hydroxyl groups excluding tert-OH is 1. The van der Waals surface area contributed by atoms with E-state index in [9.17, 15) is 19.5 Å². The minimum atomic E-state index is -1.43. The number of ether oxygens (including phenoxy) is 1. The van der Waals surface area contributed by atoms with E-state index in [-0.39, 0.29) is 18.4 Å². The first-order chi connectivity index (χ1) is 16.8. The summed E-state index contributed by atoms with van der Waals surface area (Å²) in [5, 5.41) is 19.3.